The van der Waals surface area contributed by atoms with Crippen molar-refractivity contribution in [1.29, 1.82) is 0 Å². The van der Waals surface area contributed by atoms with Crippen molar-refractivity contribution in [3.05, 3.63) is 171 Å². The Labute approximate surface area is 335 Å². The lowest BCUT2D eigenvalue weighted by Gasteiger charge is -2.29. The number of aromatic nitrogens is 1. The normalized spacial score (nSPS) is 15.6. The van der Waals surface area contributed by atoms with E-state index in [4.69, 9.17) is 9.57 Å². The number of carbonyl (C=O) groups excluding carboxylic acids is 4. The molecule has 58 heavy (non-hydrogen) atoms. The Morgan fingerprint density at radius 1 is 0.879 bits per heavy atom. The number of aliphatic hydroxyl groups excluding tert-OH is 1. The maximum Gasteiger partial charge on any atom is 0.257 e. The monoisotopic (exact) mass is 773 g/mol. The minimum absolute atomic E-state index is 0.0568. The smallest absolute Gasteiger partial charge is 0.257 e. The average molecular weight is 774 g/mol. The second-order valence-corrected chi connectivity index (χ2v) is 13.9. The number of anilines is 1. The first-order valence-electron chi connectivity index (χ1n) is 18.8. The van der Waals surface area contributed by atoms with Gasteiger partial charge in [-0.1, -0.05) is 94.8 Å². The van der Waals surface area contributed by atoms with E-state index in [1.165, 1.54) is 12.5 Å². The van der Waals surface area contributed by atoms with Crippen molar-refractivity contribution in [3.8, 4) is 0 Å². The Bertz CT molecular complexity index is 2560. The molecule has 1 aromatic heterocycles. The first-order chi connectivity index (χ1) is 28.2. The third kappa shape index (κ3) is 8.92. The van der Waals surface area contributed by atoms with E-state index in [9.17, 15) is 24.3 Å². The second kappa shape index (κ2) is 17.7. The fraction of sp³-hybridized carbons (Fsp3) is 0.170. The van der Waals surface area contributed by atoms with Gasteiger partial charge in [-0.15, -0.1) is 0 Å². The van der Waals surface area contributed by atoms with Crippen LogP contribution in [0.2, 0.25) is 0 Å². The van der Waals surface area contributed by atoms with E-state index in [2.05, 4.69) is 16.2 Å². The Morgan fingerprint density at radius 3 is 2.40 bits per heavy atom. The lowest BCUT2D eigenvalue weighted by Crippen LogP contribution is -2.41. The minimum atomic E-state index is -1.57. The summed E-state index contributed by atoms with van der Waals surface area (Å²) < 4.78 is 7.46. The highest BCUT2D eigenvalue weighted by molar-refractivity contribution is 6.53. The van der Waals surface area contributed by atoms with Crippen molar-refractivity contribution in [1.82, 2.24) is 5.32 Å². The number of carbonyl (C=O) groups is 4. The number of Topliss-reactive ketones (excluding diaryl/α,β-unsaturated/α-hetero) is 2. The van der Waals surface area contributed by atoms with Gasteiger partial charge in [0, 0.05) is 40.4 Å². The first-order valence-corrected chi connectivity index (χ1v) is 18.8. The molecule has 0 spiro atoms. The zero-order valence-electron chi connectivity index (χ0n) is 32.1. The lowest BCUT2D eigenvalue weighted by atomic mass is 10.0. The third-order valence-electron chi connectivity index (χ3n) is 9.87. The van der Waals surface area contributed by atoms with Crippen LogP contribution in [0.25, 0.3) is 23.1 Å². The van der Waals surface area contributed by atoms with Crippen LogP contribution in [-0.2, 0) is 37.1 Å². The van der Waals surface area contributed by atoms with E-state index in [-0.39, 0.29) is 30.7 Å². The average Bonchev–Trinajstić information content (AvgIpc) is 3.43. The molecule has 5 aromatic rings. The maximum atomic E-state index is 13.5. The van der Waals surface area contributed by atoms with E-state index in [1.807, 2.05) is 108 Å². The number of ether oxygens (including phenoxy) is 1. The molecule has 11 nitrogen and oxygen atoms in total. The number of hydrogen-bond acceptors (Lipinski definition) is 9. The van der Waals surface area contributed by atoms with Crippen LogP contribution in [0.3, 0.4) is 0 Å². The van der Waals surface area contributed by atoms with Gasteiger partial charge in [-0.2, -0.15) is 4.57 Å². The third-order valence-corrected chi connectivity index (χ3v) is 9.87. The van der Waals surface area contributed by atoms with Crippen LogP contribution < -0.4 is 14.8 Å². The fourth-order valence-electron chi connectivity index (χ4n) is 6.72. The number of pyridine rings is 1. The number of rotatable bonds is 12. The number of aryl methyl sites for hydroxylation is 3. The van der Waals surface area contributed by atoms with Crippen molar-refractivity contribution >= 4 is 58.5 Å². The van der Waals surface area contributed by atoms with Gasteiger partial charge in [0.05, 0.1) is 24.2 Å². The van der Waals surface area contributed by atoms with Gasteiger partial charge in [-0.05, 0) is 61.4 Å². The molecule has 1 saturated carbocycles. The summed E-state index contributed by atoms with van der Waals surface area (Å²) in [4.78, 5) is 60.0. The lowest BCUT2D eigenvalue weighted by molar-refractivity contribution is -0.671. The summed E-state index contributed by atoms with van der Waals surface area (Å²) in [5, 5.41) is 18.8. The molecule has 4 aromatic carbocycles. The Kier molecular flexibility index (Phi) is 11.9. The molecule has 1 fully saturated rings. The Hall–Kier alpha value is -7.20. The summed E-state index contributed by atoms with van der Waals surface area (Å²) in [5.41, 5.74) is 9.70. The van der Waals surface area contributed by atoms with Gasteiger partial charge in [0.1, 0.15) is 19.3 Å². The van der Waals surface area contributed by atoms with E-state index >= 15 is 0 Å². The minimum Gasteiger partial charge on any atom is -0.479 e. The van der Waals surface area contributed by atoms with Crippen LogP contribution in [0.5, 0.6) is 0 Å². The summed E-state index contributed by atoms with van der Waals surface area (Å²) in [6.45, 7) is 4.88. The topological polar surface area (TPSA) is 138 Å². The molecule has 0 saturated heterocycles. The van der Waals surface area contributed by atoms with E-state index in [1.54, 1.807) is 36.4 Å². The highest BCUT2D eigenvalue weighted by Crippen LogP contribution is 2.32. The zero-order valence-corrected chi connectivity index (χ0v) is 32.1. The Morgan fingerprint density at radius 2 is 1.60 bits per heavy atom. The van der Waals surface area contributed by atoms with Crippen LogP contribution in [0.1, 0.15) is 44.7 Å². The molecule has 1 atom stereocenters. The van der Waals surface area contributed by atoms with Crippen molar-refractivity contribution in [2.45, 2.75) is 39.5 Å². The number of hydrogen-bond donors (Lipinski definition) is 2. The van der Waals surface area contributed by atoms with E-state index < -0.39 is 29.5 Å². The van der Waals surface area contributed by atoms with Crippen LogP contribution in [0.15, 0.2) is 143 Å². The maximum absolute atomic E-state index is 13.5. The van der Waals surface area contributed by atoms with E-state index in [0.29, 0.717) is 30.1 Å². The number of aliphatic hydroxyl groups is 1. The number of ketones is 2. The van der Waals surface area contributed by atoms with Crippen LogP contribution >= 0.6 is 0 Å². The second-order valence-electron chi connectivity index (χ2n) is 13.9. The molecule has 2 aliphatic rings. The predicted molar refractivity (Wildman–Crippen MR) is 220 cm³/mol. The van der Waals surface area contributed by atoms with Crippen molar-refractivity contribution in [3.63, 3.8) is 0 Å². The van der Waals surface area contributed by atoms with Gasteiger partial charge >= 0.3 is 0 Å². The largest absolute Gasteiger partial charge is 0.479 e. The number of fused-ring (bicyclic) bond motifs is 2. The highest BCUT2D eigenvalue weighted by atomic mass is 16.6. The van der Waals surface area contributed by atoms with Gasteiger partial charge in [0.2, 0.25) is 35.1 Å². The fourth-order valence-corrected chi connectivity index (χ4v) is 6.72. The van der Waals surface area contributed by atoms with Crippen LogP contribution in [0, 0.1) is 13.8 Å². The predicted octanol–water partition coefficient (Wildman–Crippen LogP) is 6.11. The Balaban J connectivity index is 1.11. The summed E-state index contributed by atoms with van der Waals surface area (Å²) in [5.74, 6) is -2.70. The molecule has 7 rings (SSSR count). The molecule has 1 aliphatic heterocycles. The molecule has 2 N–H and O–H groups in total. The van der Waals surface area contributed by atoms with Gasteiger partial charge in [0.25, 0.3) is 5.91 Å². The molecule has 0 bridgehead atoms. The highest BCUT2D eigenvalue weighted by Gasteiger charge is 2.41. The van der Waals surface area contributed by atoms with Gasteiger partial charge in [-0.25, -0.2) is 0 Å². The summed E-state index contributed by atoms with van der Waals surface area (Å²) in [7, 11) is 0. The SMILES string of the molecule is Cc1ccc(CON=COCCN2C(=C=C3C(=O)C(=O)C(=Cc4ccc5ccccc5[n+]4CCC(=O)NC(=O)c4ccc(C)cc4)C3O)C=Cc3ccccc32)cc1. The number of oxime groups is 1. The van der Waals surface area contributed by atoms with Crippen LogP contribution in [-0.4, -0.2) is 54.1 Å². The summed E-state index contributed by atoms with van der Waals surface area (Å²) in [6, 6.07) is 33.7. The summed E-state index contributed by atoms with van der Waals surface area (Å²) in [6.07, 6.45) is 4.74. The molecule has 1 aliphatic carbocycles. The van der Waals surface area contributed by atoms with Crippen molar-refractivity contribution < 1.29 is 38.4 Å². The van der Waals surface area contributed by atoms with Gasteiger partial charge < -0.3 is 19.6 Å². The first kappa shape index (κ1) is 39.1. The molecule has 2 heterocycles. The number of imide groups is 1. The van der Waals surface area contributed by atoms with Gasteiger partial charge in [0.15, 0.2) is 6.54 Å². The molecular formula is C47H41N4O7+. The molecule has 11 heteroatoms. The number of amides is 2. The molecule has 2 amide bonds. The molecule has 0 radical (unpaired) electrons. The van der Waals surface area contributed by atoms with Crippen LogP contribution in [0.4, 0.5) is 5.69 Å². The molecular weight excluding hydrogens is 733 g/mol. The van der Waals surface area contributed by atoms with Gasteiger partial charge in [-0.3, -0.25) is 24.5 Å². The van der Waals surface area contributed by atoms with E-state index in [0.717, 1.165) is 38.8 Å². The quantitative estimate of drug-likeness (QED) is 0.0227. The standard InChI is InChI=1S/C47H40N4O7/c1-31-11-15-33(16-12-31)29-58-48-30-57-26-25-51-38(22-20-35-8-4-6-10-42(35)51)28-40-44(53)39(45(54)46(40)55)27-37-21-19-34-7-3-5-9-41(34)50(37)24-23-43(52)49-47(56)36-17-13-32(2)14-18-36/h3-22,27,30,44,53H,23-26,29H2,1-2H3/p+1. The molecule has 1 unspecified atom stereocenters. The van der Waals surface area contributed by atoms with Crippen molar-refractivity contribution in [2.75, 3.05) is 18.1 Å². The summed E-state index contributed by atoms with van der Waals surface area (Å²) >= 11 is 0. The zero-order chi connectivity index (χ0) is 40.6. The number of benzene rings is 4. The number of para-hydroxylation sites is 2. The molecule has 290 valence electrons. The van der Waals surface area contributed by atoms with Crippen molar-refractivity contribution in [2.24, 2.45) is 5.16 Å². The number of nitrogens with zero attached hydrogens (tertiary/aromatic N) is 3. The number of nitrogens with one attached hydrogen (secondary N) is 1.